The van der Waals surface area contributed by atoms with Crippen molar-refractivity contribution in [3.05, 3.63) is 107 Å². The van der Waals surface area contributed by atoms with Gasteiger partial charge in [0.15, 0.2) is 0 Å². The van der Waals surface area contributed by atoms with Gasteiger partial charge in [-0.1, -0.05) is 60.7 Å². The number of amides is 1. The Bertz CT molecular complexity index is 1030. The van der Waals surface area contributed by atoms with Crippen molar-refractivity contribution in [1.29, 1.82) is 0 Å². The molecule has 4 heteroatoms. The molecule has 3 nitrogen and oxygen atoms in total. The molecule has 0 radical (unpaired) electrons. The standard InChI is InChI=1S/C28H30FNO2/c1-30(19-25-9-5-6-10-26(25)29)28(32)23-14-11-20(12-15-23)17-21-13-16-24(18-21)27(31)22-7-3-2-4-8-22/h2-12,14-15,21,24,27,31H,13,16-19H2,1H3/t21?,24-,27+/m0/s1. The van der Waals surface area contributed by atoms with Crippen LogP contribution in [0.2, 0.25) is 0 Å². The van der Waals surface area contributed by atoms with Gasteiger partial charge in [-0.05, 0) is 66.8 Å². The average molecular weight is 432 g/mol. The van der Waals surface area contributed by atoms with E-state index in [-0.39, 0.29) is 18.3 Å². The molecule has 0 bridgehead atoms. The fourth-order valence-electron chi connectivity index (χ4n) is 4.80. The number of aliphatic hydroxyl groups is 1. The number of hydrogen-bond donors (Lipinski definition) is 1. The molecule has 1 N–H and O–H groups in total. The fraction of sp³-hybridized carbons (Fsp3) is 0.321. The smallest absolute Gasteiger partial charge is 0.253 e. The quantitative estimate of drug-likeness (QED) is 0.514. The van der Waals surface area contributed by atoms with Crippen LogP contribution in [-0.4, -0.2) is 23.0 Å². The van der Waals surface area contributed by atoms with E-state index in [9.17, 15) is 14.3 Å². The first kappa shape index (κ1) is 22.2. The second-order valence-corrected chi connectivity index (χ2v) is 8.95. The highest BCUT2D eigenvalue weighted by Gasteiger charge is 2.30. The molecule has 0 aliphatic heterocycles. The lowest BCUT2D eigenvalue weighted by Crippen LogP contribution is -2.26. The molecular formula is C28H30FNO2. The van der Waals surface area contributed by atoms with Crippen LogP contribution >= 0.6 is 0 Å². The topological polar surface area (TPSA) is 40.5 Å². The summed E-state index contributed by atoms with van der Waals surface area (Å²) in [5, 5.41) is 10.7. The lowest BCUT2D eigenvalue weighted by molar-refractivity contribution is 0.0784. The van der Waals surface area contributed by atoms with E-state index in [2.05, 4.69) is 0 Å². The maximum Gasteiger partial charge on any atom is 0.253 e. The van der Waals surface area contributed by atoms with Crippen LogP contribution in [0.1, 0.15) is 52.4 Å². The van der Waals surface area contributed by atoms with Crippen LogP contribution in [0.15, 0.2) is 78.9 Å². The minimum Gasteiger partial charge on any atom is -0.388 e. The third-order valence-electron chi connectivity index (χ3n) is 6.61. The van der Waals surface area contributed by atoms with Crippen molar-refractivity contribution >= 4 is 5.91 Å². The minimum atomic E-state index is -0.397. The Labute approximate surface area is 189 Å². The maximum atomic E-state index is 13.9. The van der Waals surface area contributed by atoms with Crippen molar-refractivity contribution < 1.29 is 14.3 Å². The first-order chi connectivity index (χ1) is 15.5. The van der Waals surface area contributed by atoms with Crippen molar-refractivity contribution in [2.45, 2.75) is 38.3 Å². The first-order valence-electron chi connectivity index (χ1n) is 11.3. The number of hydrogen-bond acceptors (Lipinski definition) is 2. The largest absolute Gasteiger partial charge is 0.388 e. The van der Waals surface area contributed by atoms with Gasteiger partial charge < -0.3 is 10.0 Å². The molecule has 1 amide bonds. The highest BCUT2D eigenvalue weighted by Crippen LogP contribution is 2.40. The van der Waals surface area contributed by atoms with Crippen LogP contribution in [0.4, 0.5) is 4.39 Å². The Hall–Kier alpha value is -2.98. The molecular weight excluding hydrogens is 401 g/mol. The predicted molar refractivity (Wildman–Crippen MR) is 125 cm³/mol. The molecule has 166 valence electrons. The van der Waals surface area contributed by atoms with E-state index >= 15 is 0 Å². The van der Waals surface area contributed by atoms with E-state index in [0.29, 0.717) is 23.0 Å². The second kappa shape index (κ2) is 10.1. The summed E-state index contributed by atoms with van der Waals surface area (Å²) < 4.78 is 13.9. The molecule has 1 fully saturated rings. The van der Waals surface area contributed by atoms with Crippen LogP contribution in [0.25, 0.3) is 0 Å². The second-order valence-electron chi connectivity index (χ2n) is 8.95. The summed E-state index contributed by atoms with van der Waals surface area (Å²) in [7, 11) is 1.69. The molecule has 32 heavy (non-hydrogen) atoms. The molecule has 0 heterocycles. The fourth-order valence-corrected chi connectivity index (χ4v) is 4.80. The SMILES string of the molecule is CN(Cc1ccccc1F)C(=O)c1ccc(CC2CC[C@H]([C@H](O)c3ccccc3)C2)cc1. The summed E-state index contributed by atoms with van der Waals surface area (Å²) in [5.74, 6) is 0.431. The number of carbonyl (C=O) groups is 1. The summed E-state index contributed by atoms with van der Waals surface area (Å²) in [4.78, 5) is 14.3. The zero-order valence-corrected chi connectivity index (χ0v) is 18.5. The van der Waals surface area contributed by atoms with Crippen molar-refractivity contribution in [2.24, 2.45) is 11.8 Å². The molecule has 0 aromatic heterocycles. The average Bonchev–Trinajstić information content (AvgIpc) is 3.29. The van der Waals surface area contributed by atoms with Crippen LogP contribution < -0.4 is 0 Å². The van der Waals surface area contributed by atoms with Crippen molar-refractivity contribution in [3.63, 3.8) is 0 Å². The summed E-state index contributed by atoms with van der Waals surface area (Å²) in [5.41, 5.74) is 3.32. The Morgan fingerprint density at radius 2 is 1.69 bits per heavy atom. The summed E-state index contributed by atoms with van der Waals surface area (Å²) in [6, 6.07) is 24.2. The van der Waals surface area contributed by atoms with Gasteiger partial charge in [-0.2, -0.15) is 0 Å². The summed E-state index contributed by atoms with van der Waals surface area (Å²) >= 11 is 0. The Balaban J connectivity index is 1.32. The van der Waals surface area contributed by atoms with E-state index in [1.165, 1.54) is 11.6 Å². The van der Waals surface area contributed by atoms with E-state index in [4.69, 9.17) is 0 Å². The van der Waals surface area contributed by atoms with Crippen LogP contribution in [0, 0.1) is 17.7 Å². The number of rotatable bonds is 7. The van der Waals surface area contributed by atoms with Crippen LogP contribution in [-0.2, 0) is 13.0 Å². The van der Waals surface area contributed by atoms with E-state index in [1.807, 2.05) is 54.6 Å². The highest BCUT2D eigenvalue weighted by atomic mass is 19.1. The van der Waals surface area contributed by atoms with Gasteiger partial charge in [0.1, 0.15) is 5.82 Å². The Morgan fingerprint density at radius 3 is 2.41 bits per heavy atom. The molecule has 3 aromatic carbocycles. The molecule has 3 atom stereocenters. The molecule has 0 saturated heterocycles. The van der Waals surface area contributed by atoms with Gasteiger partial charge in [0.05, 0.1) is 6.10 Å². The molecule has 4 rings (SSSR count). The highest BCUT2D eigenvalue weighted by molar-refractivity contribution is 5.94. The predicted octanol–water partition coefficient (Wildman–Crippen LogP) is 5.79. The van der Waals surface area contributed by atoms with E-state index < -0.39 is 6.10 Å². The van der Waals surface area contributed by atoms with Crippen molar-refractivity contribution in [1.82, 2.24) is 4.90 Å². The monoisotopic (exact) mass is 431 g/mol. The number of aliphatic hydroxyl groups excluding tert-OH is 1. The normalized spacial score (nSPS) is 19.0. The number of carbonyl (C=O) groups excluding carboxylic acids is 1. The molecule has 1 saturated carbocycles. The summed E-state index contributed by atoms with van der Waals surface area (Å²) in [6.45, 7) is 0.237. The molecule has 0 spiro atoms. The minimum absolute atomic E-state index is 0.119. The van der Waals surface area contributed by atoms with Crippen LogP contribution in [0.5, 0.6) is 0 Å². The number of nitrogens with zero attached hydrogens (tertiary/aromatic N) is 1. The Morgan fingerprint density at radius 1 is 1.00 bits per heavy atom. The number of benzene rings is 3. The van der Waals surface area contributed by atoms with E-state index in [1.54, 1.807) is 30.1 Å². The van der Waals surface area contributed by atoms with Gasteiger partial charge in [-0.25, -0.2) is 4.39 Å². The third kappa shape index (κ3) is 5.25. The van der Waals surface area contributed by atoms with Gasteiger partial charge in [0, 0.05) is 24.7 Å². The lowest BCUT2D eigenvalue weighted by Gasteiger charge is -2.19. The van der Waals surface area contributed by atoms with Gasteiger partial charge >= 0.3 is 0 Å². The lowest BCUT2D eigenvalue weighted by atomic mass is 9.91. The molecule has 1 aliphatic carbocycles. The van der Waals surface area contributed by atoms with E-state index in [0.717, 1.165) is 31.2 Å². The van der Waals surface area contributed by atoms with Gasteiger partial charge in [0.25, 0.3) is 5.91 Å². The van der Waals surface area contributed by atoms with Gasteiger partial charge in [-0.3, -0.25) is 4.79 Å². The van der Waals surface area contributed by atoms with Gasteiger partial charge in [-0.15, -0.1) is 0 Å². The zero-order valence-electron chi connectivity index (χ0n) is 18.5. The third-order valence-corrected chi connectivity index (χ3v) is 6.61. The molecule has 1 aliphatic rings. The summed E-state index contributed by atoms with van der Waals surface area (Å²) in [6.07, 6.45) is 3.73. The Kier molecular flexibility index (Phi) is 7.01. The molecule has 3 aromatic rings. The maximum absolute atomic E-state index is 13.9. The molecule has 1 unspecified atom stereocenters. The van der Waals surface area contributed by atoms with Crippen LogP contribution in [0.3, 0.4) is 0 Å². The van der Waals surface area contributed by atoms with Crippen molar-refractivity contribution in [3.8, 4) is 0 Å². The number of halogens is 1. The first-order valence-corrected chi connectivity index (χ1v) is 11.3. The zero-order chi connectivity index (χ0) is 22.5. The van der Waals surface area contributed by atoms with Crippen molar-refractivity contribution in [2.75, 3.05) is 7.05 Å². The van der Waals surface area contributed by atoms with Gasteiger partial charge in [0.2, 0.25) is 0 Å².